The second-order valence-electron chi connectivity index (χ2n) is 16.5. The molecule has 0 fully saturated rings. The number of aliphatic hydroxyl groups excluding tert-OH is 1. The molecule has 80 heavy (non-hydrogen) atoms. The maximum Gasteiger partial charge on any atom is 0.995 e. The Kier molecular flexibility index (Phi) is 26.7. The van der Waals surface area contributed by atoms with Crippen LogP contribution < -0.4 is 4.74 Å². The van der Waals surface area contributed by atoms with Crippen LogP contribution in [0, 0.1) is 0 Å². The summed E-state index contributed by atoms with van der Waals surface area (Å²) >= 11 is 21.1. The van der Waals surface area contributed by atoms with Crippen LogP contribution in [-0.4, -0.2) is 86.2 Å². The lowest BCUT2D eigenvalue weighted by Crippen LogP contribution is -2.31. The minimum Gasteiger partial charge on any atom is -0.569 e. The van der Waals surface area contributed by atoms with E-state index in [-0.39, 0.29) is 72.8 Å². The minimum atomic E-state index is -4.48. The number of alkyl halides is 2. The third-order valence-corrected chi connectivity index (χ3v) is 10.7. The number of halogens is 8. The van der Waals surface area contributed by atoms with E-state index in [1.54, 1.807) is 172 Å². The van der Waals surface area contributed by atoms with Crippen molar-refractivity contribution in [2.75, 3.05) is 31.8 Å². The van der Waals surface area contributed by atoms with Gasteiger partial charge in [0.2, 0.25) is 0 Å². The molecule has 12 nitrogen and oxygen atoms in total. The summed E-state index contributed by atoms with van der Waals surface area (Å²) in [6, 6.07) is 45.5. The summed E-state index contributed by atoms with van der Waals surface area (Å²) in [6.45, 7) is 10.1. The Hall–Kier alpha value is -7.73. The molecule has 2 aliphatic heterocycles. The van der Waals surface area contributed by atoms with Crippen molar-refractivity contribution >= 4 is 107 Å². The lowest BCUT2D eigenvalue weighted by atomic mass is 10.0. The highest BCUT2D eigenvalue weighted by Gasteiger charge is 2.54. The van der Waals surface area contributed by atoms with E-state index in [1.807, 2.05) is 6.07 Å². The highest BCUT2D eigenvalue weighted by molar-refractivity contribution is 6.53. The van der Waals surface area contributed by atoms with Crippen LogP contribution in [0.5, 0.6) is 5.75 Å². The van der Waals surface area contributed by atoms with Crippen molar-refractivity contribution in [2.24, 2.45) is 0 Å². The van der Waals surface area contributed by atoms with Crippen LogP contribution in [0.4, 0.5) is 17.3 Å². The van der Waals surface area contributed by atoms with Crippen LogP contribution >= 0.6 is 46.4 Å². The van der Waals surface area contributed by atoms with Crippen LogP contribution in [0.1, 0.15) is 71.9 Å². The van der Waals surface area contributed by atoms with Gasteiger partial charge in [-0.05, 0) is 111 Å². The van der Waals surface area contributed by atoms with Crippen molar-refractivity contribution in [3.63, 3.8) is 0 Å². The number of rotatable bonds is 16. The zero-order chi connectivity index (χ0) is 58.7. The number of carbonyl (C=O) groups excluding carboxylic acids is 6. The van der Waals surface area contributed by atoms with E-state index in [0.717, 1.165) is 0 Å². The summed E-state index contributed by atoms with van der Waals surface area (Å²) in [6.07, 6.45) is 2.77. The van der Waals surface area contributed by atoms with Gasteiger partial charge in [-0.3, -0.25) is 9.59 Å². The molecule has 0 atom stereocenters. The summed E-state index contributed by atoms with van der Waals surface area (Å²) in [5, 5.41) is 9.48. The van der Waals surface area contributed by atoms with E-state index < -0.39 is 26.2 Å². The molecule has 0 saturated heterocycles. The summed E-state index contributed by atoms with van der Waals surface area (Å²) in [4.78, 5) is 45.5. The molecule has 418 valence electrons. The number of ether oxygens (including phenoxy) is 3. The SMILES string of the molecule is C=C(C)C(=O)OCCO.C=C(C)C(=O)OCCOc1ccc(C2=CC(c3ccccc3)=[O+][B-](F)(F)O2)cc1.ClCCl.F[B-]1(F)OC(c2ccc(Cl)cc2)=CC(c2ccccc2)=[O+]1.O=C(CC(=O)c1ccc(Cl)cc1)c1ccccc1. The predicted octanol–water partition coefficient (Wildman–Crippen LogP) is 14.2. The zero-order valence-electron chi connectivity index (χ0n) is 43.0. The Balaban J connectivity index is 0.000000240. The zero-order valence-corrected chi connectivity index (χ0v) is 46.0. The molecule has 22 heteroatoms. The molecule has 6 aromatic rings. The number of benzene rings is 6. The lowest BCUT2D eigenvalue weighted by molar-refractivity contribution is -0.184. The van der Waals surface area contributed by atoms with E-state index >= 15 is 0 Å². The Morgan fingerprint density at radius 3 is 1.29 bits per heavy atom. The average Bonchev–Trinajstić information content (AvgIpc) is 3.53. The molecule has 0 spiro atoms. The molecule has 0 amide bonds. The van der Waals surface area contributed by atoms with E-state index in [4.69, 9.17) is 70.0 Å². The summed E-state index contributed by atoms with van der Waals surface area (Å²) in [5.74, 6) is -0.629. The standard InChI is InChI=1S/C21H19BF2O5.C15H10BClF2O2.C15H11ClO2.C6H10O3.CH2Cl2/c1-15(2)21(25)27-13-12-26-18-10-8-17(9-11-18)20-14-19(28-22(23,24)29-20)16-6-4-3-5-7-16;17-13-8-6-12(7-9-13)15-10-14(20-16(18,19)21-15)11-4-2-1-3-5-11;16-13-8-6-12(7-9-13)15(18)10-14(17)11-4-2-1-3-5-11;1-5(2)6(8)9-4-3-7;2-1-3/h3-11,14H,1,12-13H2,2H3;1-10H;1-9H,10H2;7H,1,3-4H2,2H3;1H2. The molecule has 2 aliphatic rings. The maximum absolute atomic E-state index is 14.0. The van der Waals surface area contributed by atoms with Gasteiger partial charge in [0.25, 0.3) is 11.6 Å². The monoisotopic (exact) mass is 1180 g/mol. The van der Waals surface area contributed by atoms with Gasteiger partial charge >= 0.3 is 26.2 Å². The molecule has 6 aromatic carbocycles. The number of Topliss-reactive ketones (excluding diaryl/α,β-unsaturated/α-hetero) is 2. The van der Waals surface area contributed by atoms with E-state index in [0.29, 0.717) is 60.3 Å². The first-order valence-corrected chi connectivity index (χ1v) is 25.7. The molecule has 0 aromatic heterocycles. The van der Waals surface area contributed by atoms with Gasteiger partial charge in [-0.15, -0.1) is 23.2 Å². The van der Waals surface area contributed by atoms with E-state index in [2.05, 4.69) is 26.9 Å². The van der Waals surface area contributed by atoms with Gasteiger partial charge in [0, 0.05) is 43.4 Å². The van der Waals surface area contributed by atoms with E-state index in [9.17, 15) is 36.4 Å². The van der Waals surface area contributed by atoms with E-state index in [1.165, 1.54) is 12.2 Å². The fraction of sp³-hybridized carbons (Fsp3) is 0.138. The third kappa shape index (κ3) is 22.9. The molecule has 1 N–H and O–H groups in total. The third-order valence-electron chi connectivity index (χ3n) is 10.2. The van der Waals surface area contributed by atoms with Crippen LogP contribution in [0.3, 0.4) is 0 Å². The first kappa shape index (κ1) is 64.8. The molecule has 0 aliphatic carbocycles. The van der Waals surface area contributed by atoms with Crippen molar-refractivity contribution in [1.29, 1.82) is 0 Å². The second-order valence-corrected chi connectivity index (χ2v) is 18.1. The van der Waals surface area contributed by atoms with Crippen molar-refractivity contribution in [1.82, 2.24) is 0 Å². The highest BCUT2D eigenvalue weighted by Crippen LogP contribution is 2.31. The predicted molar refractivity (Wildman–Crippen MR) is 305 cm³/mol. The molecule has 0 unspecified atom stereocenters. The van der Waals surface area contributed by atoms with Crippen molar-refractivity contribution in [3.8, 4) is 5.75 Å². The quantitative estimate of drug-likeness (QED) is 0.0114. The smallest absolute Gasteiger partial charge is 0.569 e. The van der Waals surface area contributed by atoms with Gasteiger partial charge in [-0.25, -0.2) is 9.59 Å². The first-order valence-electron chi connectivity index (χ1n) is 23.9. The molecular formula is C58H52B2Cl4F4O12. The summed E-state index contributed by atoms with van der Waals surface area (Å²) in [7, 11) is -8.88. The second kappa shape index (κ2) is 33.0. The van der Waals surface area contributed by atoms with Crippen LogP contribution in [0.2, 0.25) is 10.0 Å². The van der Waals surface area contributed by atoms with Crippen molar-refractivity contribution < 1.29 is 73.8 Å². The molecule has 0 bridgehead atoms. The molecule has 2 heterocycles. The Labute approximate surface area is 479 Å². The summed E-state index contributed by atoms with van der Waals surface area (Å²) < 4.78 is 88.9. The first-order chi connectivity index (χ1) is 38.1. The van der Waals surface area contributed by atoms with Crippen LogP contribution in [0.25, 0.3) is 11.5 Å². The van der Waals surface area contributed by atoms with Crippen molar-refractivity contribution in [3.05, 3.63) is 244 Å². The number of aliphatic hydroxyl groups is 1. The summed E-state index contributed by atoms with van der Waals surface area (Å²) in [5.41, 5.74) is 3.77. The van der Waals surface area contributed by atoms with Crippen LogP contribution in [0.15, 0.2) is 200 Å². The number of hydrogen-bond donors (Lipinski definition) is 1. The number of hydrogen-bond acceptors (Lipinski definition) is 10. The normalized spacial score (nSPS) is 13.2. The van der Waals surface area contributed by atoms with Gasteiger partial charge in [0.1, 0.15) is 25.6 Å². The van der Waals surface area contributed by atoms with Gasteiger partial charge in [0.05, 0.1) is 53.2 Å². The largest absolute Gasteiger partial charge is 0.995 e. The maximum atomic E-state index is 14.0. The fourth-order valence-corrected chi connectivity index (χ4v) is 6.69. The topological polar surface area (TPSA) is 157 Å². The molecule has 0 saturated carbocycles. The van der Waals surface area contributed by atoms with Gasteiger partial charge in [0.15, 0.2) is 11.6 Å². The minimum absolute atomic E-state index is 0.00189. The number of ketones is 4. The average molecular weight is 1180 g/mol. The van der Waals surface area contributed by atoms with Crippen LogP contribution in [-0.2, 0) is 28.4 Å². The molecular weight excluding hydrogens is 1130 g/mol. The van der Waals surface area contributed by atoms with Gasteiger partial charge < -0.3 is 54.6 Å². The lowest BCUT2D eigenvalue weighted by Gasteiger charge is -2.20. The fourth-order valence-electron chi connectivity index (χ4n) is 6.44. The Bertz CT molecular complexity index is 3150. The Morgan fingerprint density at radius 1 is 0.525 bits per heavy atom. The number of esters is 2. The van der Waals surface area contributed by atoms with Crippen molar-refractivity contribution in [2.45, 2.75) is 20.3 Å². The highest BCUT2D eigenvalue weighted by atomic mass is 35.5. The molecule has 8 rings (SSSR count). The van der Waals surface area contributed by atoms with Gasteiger partial charge in [-0.1, -0.05) is 103 Å². The number of carbonyl (C=O) groups is 4. The molecule has 0 radical (unpaired) electrons. The number of allylic oxidation sites excluding steroid dienone is 2. The van der Waals surface area contributed by atoms with Gasteiger partial charge in [-0.2, -0.15) is 0 Å². The Morgan fingerprint density at radius 2 is 0.887 bits per heavy atom.